The molecule has 0 radical (unpaired) electrons. The maximum Gasteiger partial charge on any atom is 0.327 e. The summed E-state index contributed by atoms with van der Waals surface area (Å²) in [6.07, 6.45) is 0. The van der Waals surface area contributed by atoms with Gasteiger partial charge in [0.05, 0.1) is 16.3 Å². The van der Waals surface area contributed by atoms with Gasteiger partial charge in [0.25, 0.3) is 0 Å². The van der Waals surface area contributed by atoms with Crippen molar-refractivity contribution in [2.45, 2.75) is 11.8 Å². The van der Waals surface area contributed by atoms with E-state index in [2.05, 4.69) is 20.8 Å². The lowest BCUT2D eigenvalue weighted by molar-refractivity contribution is 0.261. The predicted molar refractivity (Wildman–Crippen MR) is 96.5 cm³/mol. The topological polar surface area (TPSA) is 114 Å². The van der Waals surface area contributed by atoms with Gasteiger partial charge in [-0.2, -0.15) is 0 Å². The lowest BCUT2D eigenvalue weighted by Crippen LogP contribution is -2.20. The standard InChI is InChI=1S/C17H15FN4O4S/c1-2-27(24,25)12-9-7-11(8-10-12)15-21-22-17(26-15)20-16(23)19-14-6-4-3-5-13(14)18/h3-10H,2H2,1H3,(H2,19,20,22,23). The third-order valence-electron chi connectivity index (χ3n) is 3.61. The van der Waals surface area contributed by atoms with Gasteiger partial charge in [-0.05, 0) is 36.4 Å². The zero-order valence-corrected chi connectivity index (χ0v) is 15.0. The van der Waals surface area contributed by atoms with Crippen LogP contribution in [0.2, 0.25) is 0 Å². The maximum absolute atomic E-state index is 13.5. The maximum atomic E-state index is 13.5. The first-order valence-corrected chi connectivity index (χ1v) is 9.53. The quantitative estimate of drug-likeness (QED) is 0.691. The van der Waals surface area contributed by atoms with Crippen LogP contribution in [0.1, 0.15) is 6.92 Å². The largest absolute Gasteiger partial charge is 0.403 e. The number of sulfone groups is 1. The monoisotopic (exact) mass is 390 g/mol. The molecule has 0 aliphatic rings. The molecule has 3 rings (SSSR count). The summed E-state index contributed by atoms with van der Waals surface area (Å²) in [5, 5.41) is 12.1. The number of rotatable bonds is 5. The Labute approximate surface area is 154 Å². The minimum Gasteiger partial charge on any atom is -0.403 e. The van der Waals surface area contributed by atoms with Gasteiger partial charge >= 0.3 is 12.0 Å². The summed E-state index contributed by atoms with van der Waals surface area (Å²) < 4.78 is 42.5. The normalized spacial score (nSPS) is 11.2. The first-order chi connectivity index (χ1) is 12.9. The van der Waals surface area contributed by atoms with E-state index in [0.717, 1.165) is 0 Å². The fraction of sp³-hybridized carbons (Fsp3) is 0.118. The summed E-state index contributed by atoms with van der Waals surface area (Å²) in [4.78, 5) is 12.1. The van der Waals surface area contributed by atoms with E-state index in [1.807, 2.05) is 0 Å². The van der Waals surface area contributed by atoms with E-state index < -0.39 is 21.7 Å². The number of hydrogen-bond donors (Lipinski definition) is 2. The highest BCUT2D eigenvalue weighted by molar-refractivity contribution is 7.91. The van der Waals surface area contributed by atoms with Crippen LogP contribution in [-0.2, 0) is 9.84 Å². The zero-order valence-electron chi connectivity index (χ0n) is 14.1. The zero-order chi connectivity index (χ0) is 19.4. The Bertz CT molecular complexity index is 1060. The van der Waals surface area contributed by atoms with Gasteiger partial charge in [0.2, 0.25) is 5.89 Å². The SMILES string of the molecule is CCS(=O)(=O)c1ccc(-c2nnc(NC(=O)Nc3ccccc3F)o2)cc1. The molecule has 0 aliphatic heterocycles. The first kappa shape index (κ1) is 18.5. The van der Waals surface area contributed by atoms with Gasteiger partial charge in [0, 0.05) is 5.56 Å². The number of urea groups is 1. The summed E-state index contributed by atoms with van der Waals surface area (Å²) in [6, 6.07) is 10.7. The van der Waals surface area contributed by atoms with Crippen LogP contribution in [0.4, 0.5) is 20.9 Å². The van der Waals surface area contributed by atoms with Crippen LogP contribution in [0, 0.1) is 5.82 Å². The van der Waals surface area contributed by atoms with Crippen LogP contribution in [0.15, 0.2) is 57.8 Å². The van der Waals surface area contributed by atoms with E-state index in [0.29, 0.717) is 5.56 Å². The second-order valence-corrected chi connectivity index (χ2v) is 7.68. The van der Waals surface area contributed by atoms with Crippen molar-refractivity contribution in [3.05, 3.63) is 54.3 Å². The Morgan fingerprint density at radius 2 is 1.78 bits per heavy atom. The van der Waals surface area contributed by atoms with E-state index >= 15 is 0 Å². The lowest BCUT2D eigenvalue weighted by atomic mass is 10.2. The van der Waals surface area contributed by atoms with Crippen LogP contribution in [0.3, 0.4) is 0 Å². The third kappa shape index (κ3) is 4.29. The Kier molecular flexibility index (Phi) is 5.17. The van der Waals surface area contributed by atoms with E-state index in [1.165, 1.54) is 42.5 Å². The van der Waals surface area contributed by atoms with Crippen molar-refractivity contribution in [2.75, 3.05) is 16.4 Å². The Morgan fingerprint density at radius 1 is 1.07 bits per heavy atom. The number of para-hydroxylation sites is 1. The fourth-order valence-corrected chi connectivity index (χ4v) is 3.06. The van der Waals surface area contributed by atoms with E-state index in [4.69, 9.17) is 4.42 Å². The highest BCUT2D eigenvalue weighted by Gasteiger charge is 2.15. The Hall–Kier alpha value is -3.27. The molecule has 0 saturated heterocycles. The molecular formula is C17H15FN4O4S. The van der Waals surface area contributed by atoms with Gasteiger partial charge in [-0.3, -0.25) is 5.32 Å². The average Bonchev–Trinajstić information content (AvgIpc) is 3.12. The van der Waals surface area contributed by atoms with Crippen molar-refractivity contribution in [1.29, 1.82) is 0 Å². The number of amides is 2. The predicted octanol–water partition coefficient (Wildman–Crippen LogP) is 3.31. The number of nitrogens with zero attached hydrogens (tertiary/aromatic N) is 2. The number of carbonyl (C=O) groups excluding carboxylic acids is 1. The minimum atomic E-state index is -3.30. The number of nitrogens with one attached hydrogen (secondary N) is 2. The second kappa shape index (κ2) is 7.54. The van der Waals surface area contributed by atoms with E-state index in [9.17, 15) is 17.6 Å². The second-order valence-electron chi connectivity index (χ2n) is 5.40. The molecule has 10 heteroatoms. The molecule has 0 fully saturated rings. The van der Waals surface area contributed by atoms with Gasteiger partial charge < -0.3 is 9.73 Å². The molecule has 27 heavy (non-hydrogen) atoms. The summed E-state index contributed by atoms with van der Waals surface area (Å²) >= 11 is 0. The molecule has 1 aromatic heterocycles. The Morgan fingerprint density at radius 3 is 2.44 bits per heavy atom. The van der Waals surface area contributed by atoms with Gasteiger partial charge in [-0.25, -0.2) is 17.6 Å². The smallest absolute Gasteiger partial charge is 0.327 e. The highest BCUT2D eigenvalue weighted by atomic mass is 32.2. The molecule has 1 heterocycles. The van der Waals surface area contributed by atoms with Gasteiger partial charge in [0.1, 0.15) is 5.82 Å². The Balaban J connectivity index is 1.70. The van der Waals surface area contributed by atoms with Gasteiger partial charge in [-0.1, -0.05) is 24.2 Å². The third-order valence-corrected chi connectivity index (χ3v) is 5.36. The van der Waals surface area contributed by atoms with Crippen molar-refractivity contribution in [3.63, 3.8) is 0 Å². The van der Waals surface area contributed by atoms with Crippen LogP contribution >= 0.6 is 0 Å². The molecule has 0 bridgehead atoms. The van der Waals surface area contributed by atoms with Crippen LogP contribution < -0.4 is 10.6 Å². The lowest BCUT2D eigenvalue weighted by Gasteiger charge is -2.05. The van der Waals surface area contributed by atoms with Crippen molar-refractivity contribution >= 4 is 27.6 Å². The van der Waals surface area contributed by atoms with Gasteiger partial charge in [0.15, 0.2) is 9.84 Å². The molecule has 8 nitrogen and oxygen atoms in total. The van der Waals surface area contributed by atoms with Gasteiger partial charge in [-0.15, -0.1) is 5.10 Å². The molecule has 2 N–H and O–H groups in total. The summed E-state index contributed by atoms with van der Waals surface area (Å²) in [5.74, 6) is -0.490. The minimum absolute atomic E-state index is 0.00189. The number of anilines is 2. The highest BCUT2D eigenvalue weighted by Crippen LogP contribution is 2.22. The van der Waals surface area contributed by atoms with Crippen molar-refractivity contribution < 1.29 is 22.0 Å². The molecule has 2 amide bonds. The molecule has 140 valence electrons. The van der Waals surface area contributed by atoms with Crippen LogP contribution in [0.25, 0.3) is 11.5 Å². The average molecular weight is 390 g/mol. The first-order valence-electron chi connectivity index (χ1n) is 7.88. The molecule has 0 saturated carbocycles. The molecule has 0 atom stereocenters. The number of benzene rings is 2. The molecule has 0 spiro atoms. The number of hydrogen-bond acceptors (Lipinski definition) is 6. The van der Waals surface area contributed by atoms with Crippen molar-refractivity contribution in [2.24, 2.45) is 0 Å². The van der Waals surface area contributed by atoms with Crippen LogP contribution in [-0.4, -0.2) is 30.4 Å². The summed E-state index contributed by atoms with van der Waals surface area (Å²) in [5.41, 5.74) is 0.488. The number of aromatic nitrogens is 2. The molecule has 2 aromatic carbocycles. The van der Waals surface area contributed by atoms with Crippen LogP contribution in [0.5, 0.6) is 0 Å². The molecule has 0 unspecified atom stereocenters. The van der Waals surface area contributed by atoms with E-state index in [-0.39, 0.29) is 28.2 Å². The molecular weight excluding hydrogens is 375 g/mol. The summed E-state index contributed by atoms with van der Waals surface area (Å²) in [6.45, 7) is 1.56. The fourth-order valence-electron chi connectivity index (χ4n) is 2.18. The van der Waals surface area contributed by atoms with Crippen molar-refractivity contribution in [1.82, 2.24) is 10.2 Å². The summed E-state index contributed by atoms with van der Waals surface area (Å²) in [7, 11) is -3.30. The number of halogens is 1. The molecule has 3 aromatic rings. The number of carbonyl (C=O) groups is 1. The van der Waals surface area contributed by atoms with Crippen molar-refractivity contribution in [3.8, 4) is 11.5 Å². The molecule has 0 aliphatic carbocycles. The van der Waals surface area contributed by atoms with E-state index in [1.54, 1.807) is 13.0 Å².